The number of likely N-dealkylation sites (N-methyl/N-ethyl adjacent to an activating group) is 2. The van der Waals surface area contributed by atoms with Gasteiger partial charge in [-0.3, -0.25) is 19.4 Å². The van der Waals surface area contributed by atoms with Gasteiger partial charge >= 0.3 is 0 Å². The van der Waals surface area contributed by atoms with E-state index in [1.807, 2.05) is 25.1 Å². The van der Waals surface area contributed by atoms with Crippen LogP contribution in [0.25, 0.3) is 6.08 Å². The van der Waals surface area contributed by atoms with E-state index in [0.717, 1.165) is 11.1 Å². The molecule has 0 radical (unpaired) electrons. The molecule has 2 amide bonds. The van der Waals surface area contributed by atoms with Crippen LogP contribution >= 0.6 is 12.2 Å². The Morgan fingerprint density at radius 1 is 1.00 bits per heavy atom. The van der Waals surface area contributed by atoms with Crippen LogP contribution in [0.15, 0.2) is 48.0 Å². The zero-order chi connectivity index (χ0) is 21.1. The molecule has 6 nitrogen and oxygen atoms in total. The van der Waals surface area contributed by atoms with E-state index in [-0.39, 0.29) is 10.7 Å². The summed E-state index contributed by atoms with van der Waals surface area (Å²) < 4.78 is 11.3. The highest BCUT2D eigenvalue weighted by Gasteiger charge is 2.35. The van der Waals surface area contributed by atoms with Crippen LogP contribution < -0.4 is 9.47 Å². The second-order valence-corrected chi connectivity index (χ2v) is 7.12. The molecule has 0 N–H and O–H groups in total. The van der Waals surface area contributed by atoms with Gasteiger partial charge in [-0.25, -0.2) is 0 Å². The van der Waals surface area contributed by atoms with E-state index in [1.54, 1.807) is 39.4 Å². The van der Waals surface area contributed by atoms with Gasteiger partial charge in [0.25, 0.3) is 11.8 Å². The van der Waals surface area contributed by atoms with E-state index in [9.17, 15) is 9.59 Å². The number of rotatable bonds is 5. The van der Waals surface area contributed by atoms with E-state index < -0.39 is 11.8 Å². The third-order valence-corrected chi connectivity index (χ3v) is 5.17. The van der Waals surface area contributed by atoms with Crippen LogP contribution in [-0.4, -0.2) is 47.9 Å². The Hall–Kier alpha value is -3.19. The van der Waals surface area contributed by atoms with Crippen LogP contribution in [0.2, 0.25) is 0 Å². The number of carbonyl (C=O) groups is 2. The summed E-state index contributed by atoms with van der Waals surface area (Å²) in [5.41, 5.74) is 2.91. The second-order valence-electron chi connectivity index (χ2n) is 6.76. The van der Waals surface area contributed by atoms with Crippen molar-refractivity contribution in [2.75, 3.05) is 21.2 Å². The fourth-order valence-corrected chi connectivity index (χ4v) is 3.16. The summed E-state index contributed by atoms with van der Waals surface area (Å²) in [5.74, 6) is 0.224. The molecule has 0 atom stereocenters. The average Bonchev–Trinajstić information content (AvgIpc) is 2.72. The highest BCUT2D eigenvalue weighted by atomic mass is 32.1. The standard InChI is InChI=1S/C22H22N2O4S/c1-14-6-5-7-16(10-14)13-28-18-9-8-15(12-19(18)27-4)11-17-20(25)23(2)22(29)24(3)21(17)26/h5-12H,13H2,1-4H3. The molecule has 1 saturated heterocycles. The quantitative estimate of drug-likeness (QED) is 0.431. The third kappa shape index (κ3) is 4.30. The first kappa shape index (κ1) is 20.5. The average molecular weight is 410 g/mol. The van der Waals surface area contributed by atoms with Gasteiger partial charge in [-0.2, -0.15) is 0 Å². The van der Waals surface area contributed by atoms with Gasteiger partial charge in [0.2, 0.25) is 0 Å². The van der Waals surface area contributed by atoms with Gasteiger partial charge in [0.15, 0.2) is 16.6 Å². The van der Waals surface area contributed by atoms with Gasteiger partial charge in [-0.1, -0.05) is 35.9 Å². The normalized spacial score (nSPS) is 14.3. The van der Waals surface area contributed by atoms with Crippen LogP contribution in [0, 0.1) is 6.92 Å². The summed E-state index contributed by atoms with van der Waals surface area (Å²) in [7, 11) is 4.64. The number of benzene rings is 2. The molecule has 1 aliphatic rings. The smallest absolute Gasteiger partial charge is 0.265 e. The van der Waals surface area contributed by atoms with E-state index in [2.05, 4.69) is 6.07 Å². The van der Waals surface area contributed by atoms with Crippen molar-refractivity contribution in [2.45, 2.75) is 13.5 Å². The Balaban J connectivity index is 1.84. The zero-order valence-electron chi connectivity index (χ0n) is 16.8. The molecule has 1 heterocycles. The topological polar surface area (TPSA) is 59.1 Å². The van der Waals surface area contributed by atoms with Crippen LogP contribution in [-0.2, 0) is 16.2 Å². The largest absolute Gasteiger partial charge is 0.493 e. The molecule has 3 rings (SSSR count). The number of aryl methyl sites for hydroxylation is 1. The molecule has 0 aliphatic carbocycles. The van der Waals surface area contributed by atoms with E-state index in [0.29, 0.717) is 23.7 Å². The van der Waals surface area contributed by atoms with Crippen LogP contribution in [0.4, 0.5) is 0 Å². The lowest BCUT2D eigenvalue weighted by Crippen LogP contribution is -2.52. The minimum absolute atomic E-state index is 0.0408. The lowest BCUT2D eigenvalue weighted by molar-refractivity contribution is -0.132. The monoisotopic (exact) mass is 410 g/mol. The molecule has 7 heteroatoms. The SMILES string of the molecule is COc1cc(C=C2C(=O)N(C)C(=S)N(C)C2=O)ccc1OCc1cccc(C)c1. The van der Waals surface area contributed by atoms with Crippen molar-refractivity contribution >= 4 is 35.2 Å². The van der Waals surface area contributed by atoms with Crippen molar-refractivity contribution in [1.82, 2.24) is 9.80 Å². The first-order valence-corrected chi connectivity index (χ1v) is 9.40. The van der Waals surface area contributed by atoms with Gasteiger partial charge in [0, 0.05) is 14.1 Å². The molecular formula is C22H22N2O4S. The van der Waals surface area contributed by atoms with Gasteiger partial charge in [0.1, 0.15) is 12.2 Å². The summed E-state index contributed by atoms with van der Waals surface area (Å²) in [6, 6.07) is 13.3. The molecule has 2 aromatic carbocycles. The molecule has 150 valence electrons. The Labute approximate surface area is 175 Å². The minimum Gasteiger partial charge on any atom is -0.493 e. The number of thiocarbonyl (C=S) groups is 1. The molecule has 0 saturated carbocycles. The molecule has 0 bridgehead atoms. The summed E-state index contributed by atoms with van der Waals surface area (Å²) in [5, 5.41) is 0.176. The highest BCUT2D eigenvalue weighted by Crippen LogP contribution is 2.30. The van der Waals surface area contributed by atoms with Crippen LogP contribution in [0.3, 0.4) is 0 Å². The summed E-state index contributed by atoms with van der Waals surface area (Å²) in [6.07, 6.45) is 1.53. The maximum absolute atomic E-state index is 12.5. The van der Waals surface area contributed by atoms with Crippen molar-refractivity contribution in [1.29, 1.82) is 0 Å². The second kappa shape index (κ2) is 8.45. The van der Waals surface area contributed by atoms with Crippen molar-refractivity contribution in [2.24, 2.45) is 0 Å². The number of amides is 2. The number of nitrogens with zero attached hydrogens (tertiary/aromatic N) is 2. The lowest BCUT2D eigenvalue weighted by Gasteiger charge is -2.31. The summed E-state index contributed by atoms with van der Waals surface area (Å²) in [6.45, 7) is 2.43. The molecular weight excluding hydrogens is 388 g/mol. The van der Waals surface area contributed by atoms with Crippen LogP contribution in [0.1, 0.15) is 16.7 Å². The predicted octanol–water partition coefficient (Wildman–Crippen LogP) is 3.18. The number of ether oxygens (including phenoxy) is 2. The van der Waals surface area contributed by atoms with E-state index >= 15 is 0 Å². The fourth-order valence-electron chi connectivity index (χ4n) is 3.00. The highest BCUT2D eigenvalue weighted by molar-refractivity contribution is 7.80. The number of carbonyl (C=O) groups excluding carboxylic acids is 2. The summed E-state index contributed by atoms with van der Waals surface area (Å²) >= 11 is 5.10. The van der Waals surface area contributed by atoms with E-state index in [4.69, 9.17) is 21.7 Å². The predicted molar refractivity (Wildman–Crippen MR) is 115 cm³/mol. The molecule has 0 aromatic heterocycles. The van der Waals surface area contributed by atoms with Crippen molar-refractivity contribution in [3.63, 3.8) is 0 Å². The van der Waals surface area contributed by atoms with E-state index in [1.165, 1.54) is 15.9 Å². The Bertz CT molecular complexity index is 990. The number of hydrogen-bond acceptors (Lipinski definition) is 5. The third-order valence-electron chi connectivity index (χ3n) is 4.62. The maximum atomic E-state index is 12.5. The van der Waals surface area contributed by atoms with Gasteiger partial charge in [0.05, 0.1) is 7.11 Å². The first-order valence-electron chi connectivity index (χ1n) is 9.00. The molecule has 1 aliphatic heterocycles. The van der Waals surface area contributed by atoms with Gasteiger partial charge in [-0.15, -0.1) is 0 Å². The summed E-state index contributed by atoms with van der Waals surface area (Å²) in [4.78, 5) is 27.5. The van der Waals surface area contributed by atoms with Crippen molar-refractivity contribution < 1.29 is 19.1 Å². The van der Waals surface area contributed by atoms with Gasteiger partial charge in [-0.05, 0) is 48.5 Å². The van der Waals surface area contributed by atoms with Crippen molar-refractivity contribution in [3.05, 3.63) is 64.7 Å². The van der Waals surface area contributed by atoms with Crippen LogP contribution in [0.5, 0.6) is 11.5 Å². The molecule has 2 aromatic rings. The molecule has 1 fully saturated rings. The first-order chi connectivity index (χ1) is 13.8. The Kier molecular flexibility index (Phi) is 5.98. The molecule has 0 unspecified atom stereocenters. The van der Waals surface area contributed by atoms with Gasteiger partial charge < -0.3 is 9.47 Å². The Morgan fingerprint density at radius 3 is 2.31 bits per heavy atom. The maximum Gasteiger partial charge on any atom is 0.265 e. The number of methoxy groups -OCH3 is 1. The molecule has 29 heavy (non-hydrogen) atoms. The Morgan fingerprint density at radius 2 is 1.69 bits per heavy atom. The fraction of sp³-hybridized carbons (Fsp3) is 0.227. The van der Waals surface area contributed by atoms with Crippen molar-refractivity contribution in [3.8, 4) is 11.5 Å². The zero-order valence-corrected chi connectivity index (χ0v) is 17.6. The lowest BCUT2D eigenvalue weighted by atomic mass is 10.1. The minimum atomic E-state index is -0.433. The molecule has 0 spiro atoms. The number of hydrogen-bond donors (Lipinski definition) is 0.